The number of rotatable bonds is 3. The molecule has 102 valence electrons. The lowest BCUT2D eigenvalue weighted by Gasteiger charge is -1.97. The van der Waals surface area contributed by atoms with Gasteiger partial charge >= 0.3 is 5.97 Å². The van der Waals surface area contributed by atoms with E-state index < -0.39 is 0 Å². The van der Waals surface area contributed by atoms with E-state index in [1.54, 1.807) is 6.92 Å². The number of thiazole rings is 1. The fraction of sp³-hybridized carbons (Fsp3) is 0.214. The van der Waals surface area contributed by atoms with Gasteiger partial charge in [0.25, 0.3) is 0 Å². The van der Waals surface area contributed by atoms with E-state index in [4.69, 9.17) is 4.74 Å². The molecule has 5 nitrogen and oxygen atoms in total. The number of ether oxygens (including phenoxy) is 1. The van der Waals surface area contributed by atoms with Crippen molar-refractivity contribution in [2.45, 2.75) is 13.8 Å². The summed E-state index contributed by atoms with van der Waals surface area (Å²) in [5, 5.41) is 0.731. The summed E-state index contributed by atoms with van der Waals surface area (Å²) in [6.45, 7) is 3.99. The predicted octanol–water partition coefficient (Wildman–Crippen LogP) is 2.94. The maximum absolute atomic E-state index is 11.8. The van der Waals surface area contributed by atoms with Crippen LogP contribution in [-0.4, -0.2) is 26.9 Å². The molecule has 0 spiro atoms. The first-order valence-corrected chi connectivity index (χ1v) is 7.09. The van der Waals surface area contributed by atoms with Crippen LogP contribution in [0.15, 0.2) is 30.6 Å². The lowest BCUT2D eigenvalue weighted by Crippen LogP contribution is -2.06. The summed E-state index contributed by atoms with van der Waals surface area (Å²) < 4.78 is 6.92. The standard InChI is InChI=1S/C14H13N3O2S/c1-3-19-14(18)12-9(2)20-13(16-12)10-8-17-7-5-4-6-11(17)15-10/h4-8H,3H2,1-2H3. The summed E-state index contributed by atoms with van der Waals surface area (Å²) in [6.07, 6.45) is 3.83. The van der Waals surface area contributed by atoms with E-state index in [0.29, 0.717) is 12.3 Å². The monoisotopic (exact) mass is 287 g/mol. The van der Waals surface area contributed by atoms with E-state index in [9.17, 15) is 4.79 Å². The van der Waals surface area contributed by atoms with Crippen molar-refractivity contribution in [2.24, 2.45) is 0 Å². The van der Waals surface area contributed by atoms with Crippen LogP contribution in [0.4, 0.5) is 0 Å². The minimum atomic E-state index is -0.378. The number of esters is 1. The number of hydrogen-bond donors (Lipinski definition) is 0. The Bertz CT molecular complexity index is 743. The predicted molar refractivity (Wildman–Crippen MR) is 77.0 cm³/mol. The van der Waals surface area contributed by atoms with E-state index in [1.807, 2.05) is 41.9 Å². The molecule has 0 saturated carbocycles. The van der Waals surface area contributed by atoms with Crippen LogP contribution < -0.4 is 0 Å². The maximum atomic E-state index is 11.8. The van der Waals surface area contributed by atoms with E-state index in [1.165, 1.54) is 11.3 Å². The molecule has 0 aromatic carbocycles. The molecule has 0 aliphatic carbocycles. The first-order chi connectivity index (χ1) is 9.69. The third-order valence-electron chi connectivity index (χ3n) is 2.85. The van der Waals surface area contributed by atoms with Crippen LogP contribution >= 0.6 is 11.3 Å². The Morgan fingerprint density at radius 2 is 2.25 bits per heavy atom. The van der Waals surface area contributed by atoms with Gasteiger partial charge in [0.15, 0.2) is 5.69 Å². The molecule has 0 radical (unpaired) electrons. The zero-order valence-electron chi connectivity index (χ0n) is 11.2. The van der Waals surface area contributed by atoms with E-state index in [-0.39, 0.29) is 5.97 Å². The average Bonchev–Trinajstić information content (AvgIpc) is 3.02. The second-order valence-corrected chi connectivity index (χ2v) is 5.44. The van der Waals surface area contributed by atoms with Gasteiger partial charge in [-0.25, -0.2) is 14.8 Å². The molecule has 3 aromatic heterocycles. The first-order valence-electron chi connectivity index (χ1n) is 6.27. The first kappa shape index (κ1) is 12.8. The van der Waals surface area contributed by atoms with Crippen molar-refractivity contribution in [3.63, 3.8) is 0 Å². The summed E-state index contributed by atoms with van der Waals surface area (Å²) in [5.41, 5.74) is 2.00. The molecule has 3 aromatic rings. The van der Waals surface area contributed by atoms with E-state index in [2.05, 4.69) is 9.97 Å². The van der Waals surface area contributed by atoms with Crippen molar-refractivity contribution in [1.29, 1.82) is 0 Å². The molecular weight excluding hydrogens is 274 g/mol. The third kappa shape index (κ3) is 2.18. The Kier molecular flexibility index (Phi) is 3.23. The normalized spacial score (nSPS) is 10.9. The molecule has 6 heteroatoms. The number of aryl methyl sites for hydroxylation is 1. The molecule has 0 aliphatic rings. The fourth-order valence-electron chi connectivity index (χ4n) is 1.93. The fourth-order valence-corrected chi connectivity index (χ4v) is 2.79. The van der Waals surface area contributed by atoms with Crippen molar-refractivity contribution < 1.29 is 9.53 Å². The Balaban J connectivity index is 2.02. The van der Waals surface area contributed by atoms with Crippen LogP contribution in [0.1, 0.15) is 22.3 Å². The molecule has 0 saturated heterocycles. The number of nitrogens with zero attached hydrogens (tertiary/aromatic N) is 3. The second-order valence-electron chi connectivity index (χ2n) is 4.24. The van der Waals surface area contributed by atoms with Crippen LogP contribution in [0.2, 0.25) is 0 Å². The minimum Gasteiger partial charge on any atom is -0.461 e. The summed E-state index contributed by atoms with van der Waals surface area (Å²) in [4.78, 5) is 21.5. The van der Waals surface area contributed by atoms with Crippen molar-refractivity contribution >= 4 is 23.0 Å². The van der Waals surface area contributed by atoms with Crippen molar-refractivity contribution in [2.75, 3.05) is 6.61 Å². The topological polar surface area (TPSA) is 56.5 Å². The molecule has 0 N–H and O–H groups in total. The van der Waals surface area contributed by atoms with Gasteiger partial charge in [0.05, 0.1) is 6.61 Å². The van der Waals surface area contributed by atoms with Crippen LogP contribution in [0.5, 0.6) is 0 Å². The molecule has 0 amide bonds. The molecule has 20 heavy (non-hydrogen) atoms. The summed E-state index contributed by atoms with van der Waals surface area (Å²) in [7, 11) is 0. The summed E-state index contributed by atoms with van der Waals surface area (Å²) in [5.74, 6) is -0.378. The van der Waals surface area contributed by atoms with Crippen LogP contribution in [0.3, 0.4) is 0 Å². The quantitative estimate of drug-likeness (QED) is 0.695. The van der Waals surface area contributed by atoms with Crippen LogP contribution in [0.25, 0.3) is 16.3 Å². The van der Waals surface area contributed by atoms with Crippen molar-refractivity contribution in [1.82, 2.24) is 14.4 Å². The molecule has 0 aliphatic heterocycles. The molecule has 0 unspecified atom stereocenters. The van der Waals surface area contributed by atoms with E-state index >= 15 is 0 Å². The number of imidazole rings is 1. The van der Waals surface area contributed by atoms with Gasteiger partial charge in [0.1, 0.15) is 16.3 Å². The number of pyridine rings is 1. The zero-order chi connectivity index (χ0) is 14.1. The summed E-state index contributed by atoms with van der Waals surface area (Å²) in [6, 6.07) is 5.80. The Morgan fingerprint density at radius 1 is 1.40 bits per heavy atom. The lowest BCUT2D eigenvalue weighted by atomic mass is 10.4. The SMILES string of the molecule is CCOC(=O)c1nc(-c2cn3ccccc3n2)sc1C. The molecular formula is C14H13N3O2S. The number of hydrogen-bond acceptors (Lipinski definition) is 5. The van der Waals surface area contributed by atoms with Gasteiger partial charge in [-0.3, -0.25) is 0 Å². The largest absolute Gasteiger partial charge is 0.461 e. The zero-order valence-corrected chi connectivity index (χ0v) is 12.0. The van der Waals surface area contributed by atoms with Gasteiger partial charge in [-0.15, -0.1) is 11.3 Å². The molecule has 3 heterocycles. The second kappa shape index (κ2) is 5.05. The molecule has 0 fully saturated rings. The number of aromatic nitrogens is 3. The average molecular weight is 287 g/mol. The van der Waals surface area contributed by atoms with Gasteiger partial charge in [-0.1, -0.05) is 6.07 Å². The highest BCUT2D eigenvalue weighted by molar-refractivity contribution is 7.15. The molecule has 3 rings (SSSR count). The highest BCUT2D eigenvalue weighted by Gasteiger charge is 2.18. The van der Waals surface area contributed by atoms with E-state index in [0.717, 1.165) is 21.2 Å². The lowest BCUT2D eigenvalue weighted by molar-refractivity contribution is 0.0519. The minimum absolute atomic E-state index is 0.347. The molecule has 0 bridgehead atoms. The number of carbonyl (C=O) groups excluding carboxylic acids is 1. The van der Waals surface area contributed by atoms with Crippen molar-refractivity contribution in [3.05, 3.63) is 41.2 Å². The number of carbonyl (C=O) groups is 1. The Hall–Kier alpha value is -2.21. The number of fused-ring (bicyclic) bond motifs is 1. The molecule has 0 atom stereocenters. The Morgan fingerprint density at radius 3 is 3.00 bits per heavy atom. The van der Waals surface area contributed by atoms with Crippen LogP contribution in [-0.2, 0) is 4.74 Å². The smallest absolute Gasteiger partial charge is 0.358 e. The van der Waals surface area contributed by atoms with Gasteiger partial charge in [-0.2, -0.15) is 0 Å². The maximum Gasteiger partial charge on any atom is 0.358 e. The van der Waals surface area contributed by atoms with Gasteiger partial charge in [-0.05, 0) is 26.0 Å². The van der Waals surface area contributed by atoms with Crippen LogP contribution in [0, 0.1) is 6.92 Å². The highest BCUT2D eigenvalue weighted by atomic mass is 32.1. The Labute approximate surface area is 119 Å². The summed E-state index contributed by atoms with van der Waals surface area (Å²) >= 11 is 1.45. The van der Waals surface area contributed by atoms with Gasteiger partial charge < -0.3 is 9.14 Å². The third-order valence-corrected chi connectivity index (χ3v) is 3.84. The van der Waals surface area contributed by atoms with Gasteiger partial charge in [0.2, 0.25) is 0 Å². The highest BCUT2D eigenvalue weighted by Crippen LogP contribution is 2.27. The van der Waals surface area contributed by atoms with Gasteiger partial charge in [0, 0.05) is 17.3 Å². The van der Waals surface area contributed by atoms with Crippen molar-refractivity contribution in [3.8, 4) is 10.7 Å².